The molecule has 1 N–H and O–H groups in total. The minimum absolute atomic E-state index is 0.0794. The summed E-state index contributed by atoms with van der Waals surface area (Å²) in [6.07, 6.45) is 0.895. The van der Waals surface area contributed by atoms with Gasteiger partial charge in [-0.2, -0.15) is 5.26 Å². The first-order valence-corrected chi connectivity index (χ1v) is 11.8. The summed E-state index contributed by atoms with van der Waals surface area (Å²) in [5.41, 5.74) is 3.27. The fraction of sp³-hybridized carbons (Fsp3) is 0.286. The summed E-state index contributed by atoms with van der Waals surface area (Å²) < 4.78 is 5.71. The number of nitrogens with zero attached hydrogens (tertiary/aromatic N) is 3. The summed E-state index contributed by atoms with van der Waals surface area (Å²) in [5.74, 6) is 0.588. The highest BCUT2D eigenvalue weighted by molar-refractivity contribution is 5.96. The highest BCUT2D eigenvalue weighted by Gasteiger charge is 2.30. The molecule has 1 heterocycles. The standard InChI is InChI=1S/C28H30N4O2/c1-2-34-26-16-9-7-14-24(26)30-28(33)27(22-11-4-3-5-12-22)32-18-10-17-31(19-20-32)25-15-8-6-13-23(25)21-29/h3-9,11-16,27H,2,10,17-20H2,1H3,(H,30,33). The van der Waals surface area contributed by atoms with E-state index < -0.39 is 6.04 Å². The number of hydrogen-bond donors (Lipinski definition) is 1. The van der Waals surface area contributed by atoms with E-state index >= 15 is 0 Å². The maximum atomic E-state index is 13.7. The third kappa shape index (κ3) is 5.38. The molecule has 1 aliphatic rings. The van der Waals surface area contributed by atoms with E-state index in [1.54, 1.807) is 0 Å². The number of benzene rings is 3. The Morgan fingerprint density at radius 3 is 2.50 bits per heavy atom. The van der Waals surface area contributed by atoms with Gasteiger partial charge in [0.05, 0.1) is 23.5 Å². The number of hydrogen-bond acceptors (Lipinski definition) is 5. The third-order valence-electron chi connectivity index (χ3n) is 6.07. The molecule has 1 aliphatic heterocycles. The lowest BCUT2D eigenvalue weighted by atomic mass is 10.0. The topological polar surface area (TPSA) is 68.6 Å². The molecule has 0 aliphatic carbocycles. The van der Waals surface area contributed by atoms with Crippen LogP contribution < -0.4 is 15.0 Å². The van der Waals surface area contributed by atoms with Crippen LogP contribution in [-0.4, -0.2) is 43.6 Å². The highest BCUT2D eigenvalue weighted by Crippen LogP contribution is 2.29. The summed E-state index contributed by atoms with van der Waals surface area (Å²) in [6, 6.07) is 27.0. The van der Waals surface area contributed by atoms with E-state index in [2.05, 4.69) is 21.2 Å². The molecule has 6 nitrogen and oxygen atoms in total. The van der Waals surface area contributed by atoms with Crippen molar-refractivity contribution in [2.45, 2.75) is 19.4 Å². The van der Waals surface area contributed by atoms with Crippen LogP contribution in [0.2, 0.25) is 0 Å². The maximum absolute atomic E-state index is 13.7. The Kier molecular flexibility index (Phi) is 7.79. The molecule has 0 bridgehead atoms. The number of nitrogens with one attached hydrogen (secondary N) is 1. The number of anilines is 2. The second-order valence-corrected chi connectivity index (χ2v) is 8.24. The largest absolute Gasteiger partial charge is 0.492 e. The van der Waals surface area contributed by atoms with E-state index in [9.17, 15) is 10.1 Å². The van der Waals surface area contributed by atoms with Crippen molar-refractivity contribution in [1.82, 2.24) is 4.90 Å². The van der Waals surface area contributed by atoms with Gasteiger partial charge in [0.1, 0.15) is 17.9 Å². The number of ether oxygens (including phenoxy) is 1. The second kappa shape index (κ2) is 11.4. The predicted octanol–water partition coefficient (Wildman–Crippen LogP) is 4.85. The highest BCUT2D eigenvalue weighted by atomic mass is 16.5. The van der Waals surface area contributed by atoms with Gasteiger partial charge in [-0.3, -0.25) is 9.69 Å². The molecule has 0 aromatic heterocycles. The Balaban J connectivity index is 1.57. The van der Waals surface area contributed by atoms with Crippen LogP contribution in [-0.2, 0) is 4.79 Å². The van der Waals surface area contributed by atoms with Gasteiger partial charge in [0.2, 0.25) is 5.91 Å². The minimum atomic E-state index is -0.429. The van der Waals surface area contributed by atoms with Crippen molar-refractivity contribution >= 4 is 17.3 Å². The van der Waals surface area contributed by atoms with E-state index in [0.717, 1.165) is 37.3 Å². The van der Waals surface area contributed by atoms with Gasteiger partial charge in [0.25, 0.3) is 0 Å². The number of amides is 1. The number of rotatable bonds is 7. The fourth-order valence-corrected chi connectivity index (χ4v) is 4.50. The van der Waals surface area contributed by atoms with Crippen LogP contribution in [0.15, 0.2) is 78.9 Å². The van der Waals surface area contributed by atoms with Crippen LogP contribution in [0.25, 0.3) is 0 Å². The van der Waals surface area contributed by atoms with Crippen molar-refractivity contribution in [1.29, 1.82) is 5.26 Å². The summed E-state index contributed by atoms with van der Waals surface area (Å²) in [4.78, 5) is 18.2. The van der Waals surface area contributed by atoms with Crippen LogP contribution in [0.3, 0.4) is 0 Å². The Hall–Kier alpha value is -3.82. The summed E-state index contributed by atoms with van der Waals surface area (Å²) in [5, 5.41) is 12.6. The average Bonchev–Trinajstić information content (AvgIpc) is 3.12. The third-order valence-corrected chi connectivity index (χ3v) is 6.07. The van der Waals surface area contributed by atoms with E-state index in [4.69, 9.17) is 4.74 Å². The lowest BCUT2D eigenvalue weighted by Gasteiger charge is -2.30. The van der Waals surface area contributed by atoms with E-state index in [0.29, 0.717) is 30.2 Å². The second-order valence-electron chi connectivity index (χ2n) is 8.24. The normalized spacial score (nSPS) is 15.1. The van der Waals surface area contributed by atoms with Gasteiger partial charge >= 0.3 is 0 Å². The zero-order chi connectivity index (χ0) is 23.8. The summed E-state index contributed by atoms with van der Waals surface area (Å²) in [7, 11) is 0. The quantitative estimate of drug-likeness (QED) is 0.553. The summed E-state index contributed by atoms with van der Waals surface area (Å²) in [6.45, 7) is 5.53. The van der Waals surface area contributed by atoms with Crippen molar-refractivity contribution in [3.05, 3.63) is 90.0 Å². The SMILES string of the molecule is CCOc1ccccc1NC(=O)C(c1ccccc1)N1CCCN(c2ccccc2C#N)CC1. The molecule has 0 spiro atoms. The zero-order valence-corrected chi connectivity index (χ0v) is 19.5. The van der Waals surface area contributed by atoms with Crippen molar-refractivity contribution in [3.63, 3.8) is 0 Å². The van der Waals surface area contributed by atoms with Gasteiger partial charge in [-0.15, -0.1) is 0 Å². The number of carbonyl (C=O) groups is 1. The van der Waals surface area contributed by atoms with E-state index in [1.165, 1.54) is 0 Å². The van der Waals surface area contributed by atoms with Crippen LogP contribution >= 0.6 is 0 Å². The molecule has 1 fully saturated rings. The molecule has 1 unspecified atom stereocenters. The first-order chi connectivity index (χ1) is 16.7. The van der Waals surface area contributed by atoms with Crippen molar-refractivity contribution in [3.8, 4) is 11.8 Å². The Morgan fingerprint density at radius 2 is 1.71 bits per heavy atom. The van der Waals surface area contributed by atoms with Crippen molar-refractivity contribution in [2.24, 2.45) is 0 Å². The first kappa shape index (κ1) is 23.3. The molecule has 174 valence electrons. The molecule has 3 aromatic rings. The first-order valence-electron chi connectivity index (χ1n) is 11.8. The molecular weight excluding hydrogens is 424 g/mol. The van der Waals surface area contributed by atoms with Crippen molar-refractivity contribution < 1.29 is 9.53 Å². The number of carbonyl (C=O) groups excluding carboxylic acids is 1. The lowest BCUT2D eigenvalue weighted by Crippen LogP contribution is -2.39. The smallest absolute Gasteiger partial charge is 0.246 e. The minimum Gasteiger partial charge on any atom is -0.492 e. The Morgan fingerprint density at radius 1 is 0.971 bits per heavy atom. The molecule has 34 heavy (non-hydrogen) atoms. The van der Waals surface area contributed by atoms with E-state index in [-0.39, 0.29) is 5.91 Å². The van der Waals surface area contributed by atoms with Gasteiger partial charge in [-0.05, 0) is 43.2 Å². The molecule has 4 rings (SSSR count). The molecule has 3 aromatic carbocycles. The molecule has 1 saturated heterocycles. The van der Waals surface area contributed by atoms with Crippen LogP contribution in [0.4, 0.5) is 11.4 Å². The van der Waals surface area contributed by atoms with Crippen LogP contribution in [0.1, 0.15) is 30.5 Å². The molecular formula is C28H30N4O2. The number of para-hydroxylation sites is 3. The van der Waals surface area contributed by atoms with Crippen LogP contribution in [0.5, 0.6) is 5.75 Å². The number of nitriles is 1. The molecule has 1 amide bonds. The lowest BCUT2D eigenvalue weighted by molar-refractivity contribution is -0.121. The Labute approximate surface area is 201 Å². The molecule has 1 atom stereocenters. The van der Waals surface area contributed by atoms with Gasteiger partial charge in [0, 0.05) is 26.2 Å². The summed E-state index contributed by atoms with van der Waals surface area (Å²) >= 11 is 0. The maximum Gasteiger partial charge on any atom is 0.246 e. The molecule has 0 radical (unpaired) electrons. The molecule has 6 heteroatoms. The Bertz CT molecular complexity index is 1140. The zero-order valence-electron chi connectivity index (χ0n) is 19.5. The van der Waals surface area contributed by atoms with Gasteiger partial charge < -0.3 is 15.0 Å². The fourth-order valence-electron chi connectivity index (χ4n) is 4.50. The van der Waals surface area contributed by atoms with Gasteiger partial charge in [0.15, 0.2) is 0 Å². The van der Waals surface area contributed by atoms with Crippen molar-refractivity contribution in [2.75, 3.05) is 43.0 Å². The van der Waals surface area contributed by atoms with Crippen LogP contribution in [0, 0.1) is 11.3 Å². The average molecular weight is 455 g/mol. The molecule has 0 saturated carbocycles. The monoisotopic (exact) mass is 454 g/mol. The predicted molar refractivity (Wildman–Crippen MR) is 135 cm³/mol. The van der Waals surface area contributed by atoms with Gasteiger partial charge in [-0.25, -0.2) is 0 Å². The van der Waals surface area contributed by atoms with Gasteiger partial charge in [-0.1, -0.05) is 54.6 Å². The van der Waals surface area contributed by atoms with E-state index in [1.807, 2.05) is 85.8 Å².